The van der Waals surface area contributed by atoms with Crippen LogP contribution in [0.4, 0.5) is 5.95 Å². The van der Waals surface area contributed by atoms with Crippen LogP contribution in [0, 0.1) is 0 Å². The van der Waals surface area contributed by atoms with Gasteiger partial charge in [-0.25, -0.2) is 4.98 Å². The highest BCUT2D eigenvalue weighted by molar-refractivity contribution is 9.10. The van der Waals surface area contributed by atoms with Crippen LogP contribution in [0.2, 0.25) is 0 Å². The third-order valence-electron chi connectivity index (χ3n) is 3.44. The highest BCUT2D eigenvalue weighted by Crippen LogP contribution is 2.24. The Labute approximate surface area is 114 Å². The Kier molecular flexibility index (Phi) is 3.26. The van der Waals surface area contributed by atoms with Gasteiger partial charge in [0.15, 0.2) is 0 Å². The van der Waals surface area contributed by atoms with E-state index >= 15 is 0 Å². The zero-order valence-corrected chi connectivity index (χ0v) is 11.7. The lowest BCUT2D eigenvalue weighted by Crippen LogP contribution is -2.11. The van der Waals surface area contributed by atoms with E-state index in [9.17, 15) is 0 Å². The minimum absolute atomic E-state index is 0.383. The number of aryl methyl sites for hydroxylation is 1. The van der Waals surface area contributed by atoms with Crippen molar-refractivity contribution in [2.45, 2.75) is 31.9 Å². The Balaban J connectivity index is 1.85. The standard InChI is InChI=1S/C13H16BrN3O/c14-9-3-4-11-12(8-9)17(13(15)16-11)6-5-10-2-1-7-18-10/h3-4,8,10H,1-2,5-7H2,(H2,15,16). The normalized spacial score (nSPS) is 19.7. The van der Waals surface area contributed by atoms with Gasteiger partial charge in [-0.2, -0.15) is 0 Å². The number of fused-ring (bicyclic) bond motifs is 1. The lowest BCUT2D eigenvalue weighted by Gasteiger charge is -2.11. The molecule has 5 heteroatoms. The summed E-state index contributed by atoms with van der Waals surface area (Å²) < 4.78 is 8.76. The Morgan fingerprint density at radius 3 is 3.17 bits per heavy atom. The summed E-state index contributed by atoms with van der Waals surface area (Å²) in [6.45, 7) is 1.76. The van der Waals surface area contributed by atoms with E-state index in [0.29, 0.717) is 12.1 Å². The smallest absolute Gasteiger partial charge is 0.201 e. The number of imidazole rings is 1. The number of nitrogen functional groups attached to an aromatic ring is 1. The number of ether oxygens (including phenoxy) is 1. The molecule has 3 rings (SSSR count). The Bertz CT molecular complexity index is 561. The molecule has 1 aromatic heterocycles. The maximum atomic E-state index is 5.98. The number of anilines is 1. The molecule has 1 aliphatic heterocycles. The van der Waals surface area contributed by atoms with E-state index in [4.69, 9.17) is 10.5 Å². The van der Waals surface area contributed by atoms with Crippen molar-refractivity contribution in [3.63, 3.8) is 0 Å². The molecular formula is C13H16BrN3O. The fourth-order valence-corrected chi connectivity index (χ4v) is 2.84. The van der Waals surface area contributed by atoms with Crippen molar-refractivity contribution in [3.8, 4) is 0 Å². The number of halogens is 1. The summed E-state index contributed by atoms with van der Waals surface area (Å²) in [7, 11) is 0. The molecule has 18 heavy (non-hydrogen) atoms. The van der Waals surface area contributed by atoms with Crippen LogP contribution < -0.4 is 5.73 Å². The molecule has 1 atom stereocenters. The summed E-state index contributed by atoms with van der Waals surface area (Å²) >= 11 is 3.49. The summed E-state index contributed by atoms with van der Waals surface area (Å²) in [5.74, 6) is 0.584. The van der Waals surface area contributed by atoms with E-state index < -0.39 is 0 Å². The summed E-state index contributed by atoms with van der Waals surface area (Å²) in [4.78, 5) is 4.38. The number of nitrogens with zero attached hydrogens (tertiary/aromatic N) is 2. The molecule has 2 aromatic rings. The Morgan fingerprint density at radius 2 is 2.39 bits per heavy atom. The van der Waals surface area contributed by atoms with E-state index in [1.54, 1.807) is 0 Å². The van der Waals surface area contributed by atoms with Crippen molar-refractivity contribution >= 4 is 32.9 Å². The van der Waals surface area contributed by atoms with Crippen LogP contribution in [0.5, 0.6) is 0 Å². The zero-order valence-electron chi connectivity index (χ0n) is 10.1. The molecule has 0 bridgehead atoms. The quantitative estimate of drug-likeness (QED) is 0.948. The lowest BCUT2D eigenvalue weighted by atomic mass is 10.2. The van der Waals surface area contributed by atoms with E-state index in [2.05, 4.69) is 31.5 Å². The summed E-state index contributed by atoms with van der Waals surface area (Å²) in [6.07, 6.45) is 3.73. The van der Waals surface area contributed by atoms with Crippen LogP contribution in [0.3, 0.4) is 0 Å². The molecule has 2 N–H and O–H groups in total. The topological polar surface area (TPSA) is 53.1 Å². The van der Waals surface area contributed by atoms with Gasteiger partial charge in [0.05, 0.1) is 17.1 Å². The van der Waals surface area contributed by atoms with Crippen LogP contribution in [0.15, 0.2) is 22.7 Å². The first-order valence-corrected chi connectivity index (χ1v) is 7.06. The number of aromatic nitrogens is 2. The third-order valence-corrected chi connectivity index (χ3v) is 3.93. The monoisotopic (exact) mass is 309 g/mol. The first-order chi connectivity index (χ1) is 8.74. The fourth-order valence-electron chi connectivity index (χ4n) is 2.49. The summed E-state index contributed by atoms with van der Waals surface area (Å²) in [6, 6.07) is 6.03. The predicted octanol–water partition coefficient (Wildman–Crippen LogP) is 2.95. The van der Waals surface area contributed by atoms with Gasteiger partial charge in [0, 0.05) is 17.6 Å². The highest BCUT2D eigenvalue weighted by Gasteiger charge is 2.16. The van der Waals surface area contributed by atoms with Crippen LogP contribution >= 0.6 is 15.9 Å². The third kappa shape index (κ3) is 2.24. The number of hydrogen-bond donors (Lipinski definition) is 1. The predicted molar refractivity (Wildman–Crippen MR) is 75.4 cm³/mol. The van der Waals surface area contributed by atoms with Crippen molar-refractivity contribution in [3.05, 3.63) is 22.7 Å². The van der Waals surface area contributed by atoms with Crippen molar-refractivity contribution in [2.75, 3.05) is 12.3 Å². The minimum Gasteiger partial charge on any atom is -0.378 e. The largest absolute Gasteiger partial charge is 0.378 e. The fraction of sp³-hybridized carbons (Fsp3) is 0.462. The van der Waals surface area contributed by atoms with Crippen molar-refractivity contribution in [1.82, 2.24) is 9.55 Å². The van der Waals surface area contributed by atoms with Gasteiger partial charge in [0.25, 0.3) is 0 Å². The van der Waals surface area contributed by atoms with Gasteiger partial charge in [-0.3, -0.25) is 0 Å². The Hall–Kier alpha value is -1.07. The van der Waals surface area contributed by atoms with Gasteiger partial charge in [-0.1, -0.05) is 15.9 Å². The summed E-state index contributed by atoms with van der Waals surface area (Å²) in [5.41, 5.74) is 8.01. The molecule has 1 aliphatic rings. The molecule has 1 saturated heterocycles. The molecule has 96 valence electrons. The van der Waals surface area contributed by atoms with E-state index in [0.717, 1.165) is 41.5 Å². The lowest BCUT2D eigenvalue weighted by molar-refractivity contribution is 0.101. The first-order valence-electron chi connectivity index (χ1n) is 6.27. The van der Waals surface area contributed by atoms with Crippen LogP contribution in [0.1, 0.15) is 19.3 Å². The first kappa shape index (κ1) is 12.0. The highest BCUT2D eigenvalue weighted by atomic mass is 79.9. The Morgan fingerprint density at radius 1 is 1.50 bits per heavy atom. The molecule has 4 nitrogen and oxygen atoms in total. The maximum absolute atomic E-state index is 5.98. The van der Waals surface area contributed by atoms with E-state index in [1.807, 2.05) is 12.1 Å². The molecular weight excluding hydrogens is 294 g/mol. The van der Waals surface area contributed by atoms with Gasteiger partial charge in [-0.05, 0) is 37.5 Å². The SMILES string of the molecule is Nc1nc2ccc(Br)cc2n1CCC1CCCO1. The number of nitrogens with two attached hydrogens (primary N) is 1. The second-order valence-electron chi connectivity index (χ2n) is 4.68. The maximum Gasteiger partial charge on any atom is 0.201 e. The number of hydrogen-bond acceptors (Lipinski definition) is 3. The van der Waals surface area contributed by atoms with Crippen molar-refractivity contribution in [2.24, 2.45) is 0 Å². The molecule has 0 aliphatic carbocycles. The van der Waals surface area contributed by atoms with E-state index in [-0.39, 0.29) is 0 Å². The average Bonchev–Trinajstić information content (AvgIpc) is 2.94. The number of rotatable bonds is 3. The van der Waals surface area contributed by atoms with Crippen molar-refractivity contribution < 1.29 is 4.74 Å². The molecule has 0 radical (unpaired) electrons. The molecule has 1 fully saturated rings. The van der Waals surface area contributed by atoms with Crippen LogP contribution in [-0.4, -0.2) is 22.3 Å². The van der Waals surface area contributed by atoms with E-state index in [1.165, 1.54) is 6.42 Å². The second kappa shape index (κ2) is 4.90. The van der Waals surface area contributed by atoms with Gasteiger partial charge < -0.3 is 15.0 Å². The number of benzene rings is 1. The molecule has 0 amide bonds. The van der Waals surface area contributed by atoms with Gasteiger partial charge in [-0.15, -0.1) is 0 Å². The zero-order chi connectivity index (χ0) is 12.5. The molecule has 1 aromatic carbocycles. The minimum atomic E-state index is 0.383. The molecule has 2 heterocycles. The van der Waals surface area contributed by atoms with Gasteiger partial charge in [0.1, 0.15) is 0 Å². The van der Waals surface area contributed by atoms with Crippen molar-refractivity contribution in [1.29, 1.82) is 0 Å². The molecule has 1 unspecified atom stereocenters. The summed E-state index contributed by atoms with van der Waals surface area (Å²) in [5, 5.41) is 0. The average molecular weight is 310 g/mol. The molecule has 0 spiro atoms. The van der Waals surface area contributed by atoms with Crippen LogP contribution in [0.25, 0.3) is 11.0 Å². The molecule has 0 saturated carbocycles. The van der Waals surface area contributed by atoms with Crippen LogP contribution in [-0.2, 0) is 11.3 Å². The second-order valence-corrected chi connectivity index (χ2v) is 5.59. The van der Waals surface area contributed by atoms with Gasteiger partial charge >= 0.3 is 0 Å². The van der Waals surface area contributed by atoms with Gasteiger partial charge in [0.2, 0.25) is 5.95 Å².